The minimum atomic E-state index is -0.126. The second kappa shape index (κ2) is 8.47. The highest BCUT2D eigenvalue weighted by atomic mass is 16.6. The molecule has 2 heterocycles. The summed E-state index contributed by atoms with van der Waals surface area (Å²) in [6.45, 7) is 4.60. The smallest absolute Gasteiger partial charge is 0.244 e. The standard InChI is InChI=1S/C23H26N2O4/c1-16-13-18-5-3-4-6-19(18)25(16)10-9-24-22(26)8-7-17-14-20(27-2)23-21(15-17)28-11-12-29-23/h3-8,14-16H,9-13H2,1-2H3,(H,24,26). The van der Waals surface area contributed by atoms with Crippen molar-refractivity contribution < 1.29 is 19.0 Å². The normalized spacial score (nSPS) is 17.3. The zero-order valence-corrected chi connectivity index (χ0v) is 16.8. The molecule has 0 spiro atoms. The molecule has 0 aromatic heterocycles. The van der Waals surface area contributed by atoms with Crippen LogP contribution in [0.15, 0.2) is 42.5 Å². The maximum atomic E-state index is 12.3. The number of para-hydroxylation sites is 1. The van der Waals surface area contributed by atoms with Gasteiger partial charge in [0.15, 0.2) is 11.5 Å². The molecule has 2 aromatic carbocycles. The van der Waals surface area contributed by atoms with E-state index < -0.39 is 0 Å². The molecule has 1 N–H and O–H groups in total. The molecule has 2 aromatic rings. The van der Waals surface area contributed by atoms with Crippen LogP contribution in [0.3, 0.4) is 0 Å². The van der Waals surface area contributed by atoms with Crippen LogP contribution in [-0.2, 0) is 11.2 Å². The number of fused-ring (bicyclic) bond motifs is 2. The second-order valence-electron chi connectivity index (χ2n) is 7.25. The van der Waals surface area contributed by atoms with Crippen molar-refractivity contribution in [1.29, 1.82) is 0 Å². The lowest BCUT2D eigenvalue weighted by Gasteiger charge is -2.24. The van der Waals surface area contributed by atoms with Gasteiger partial charge in [-0.25, -0.2) is 0 Å². The topological polar surface area (TPSA) is 60.0 Å². The van der Waals surface area contributed by atoms with Crippen LogP contribution < -0.4 is 24.4 Å². The lowest BCUT2D eigenvalue weighted by molar-refractivity contribution is -0.116. The summed E-state index contributed by atoms with van der Waals surface area (Å²) in [7, 11) is 1.59. The highest BCUT2D eigenvalue weighted by molar-refractivity contribution is 5.92. The molecule has 0 saturated heterocycles. The van der Waals surface area contributed by atoms with E-state index in [-0.39, 0.29) is 5.91 Å². The Balaban J connectivity index is 1.34. The van der Waals surface area contributed by atoms with Crippen LogP contribution in [0.1, 0.15) is 18.1 Å². The molecule has 4 rings (SSSR count). The van der Waals surface area contributed by atoms with Gasteiger partial charge in [0.05, 0.1) is 7.11 Å². The van der Waals surface area contributed by atoms with E-state index in [2.05, 4.69) is 41.4 Å². The summed E-state index contributed by atoms with van der Waals surface area (Å²) in [5.41, 5.74) is 3.47. The predicted molar refractivity (Wildman–Crippen MR) is 113 cm³/mol. The molecule has 29 heavy (non-hydrogen) atoms. The van der Waals surface area contributed by atoms with E-state index in [4.69, 9.17) is 14.2 Å². The largest absolute Gasteiger partial charge is 0.493 e. The minimum Gasteiger partial charge on any atom is -0.493 e. The fraction of sp³-hybridized carbons (Fsp3) is 0.348. The molecule has 1 atom stereocenters. The van der Waals surface area contributed by atoms with Gasteiger partial charge in [-0.2, -0.15) is 0 Å². The Hall–Kier alpha value is -3.15. The maximum absolute atomic E-state index is 12.3. The van der Waals surface area contributed by atoms with E-state index in [1.54, 1.807) is 13.2 Å². The van der Waals surface area contributed by atoms with E-state index in [9.17, 15) is 4.79 Å². The number of anilines is 1. The van der Waals surface area contributed by atoms with Crippen LogP contribution >= 0.6 is 0 Å². The van der Waals surface area contributed by atoms with E-state index in [1.165, 1.54) is 17.3 Å². The Morgan fingerprint density at radius 1 is 1.28 bits per heavy atom. The quantitative estimate of drug-likeness (QED) is 0.763. The van der Waals surface area contributed by atoms with Gasteiger partial charge in [-0.3, -0.25) is 4.79 Å². The Morgan fingerprint density at radius 2 is 2.10 bits per heavy atom. The third-order valence-corrected chi connectivity index (χ3v) is 5.28. The van der Waals surface area contributed by atoms with Crippen LogP contribution in [0.25, 0.3) is 6.08 Å². The molecule has 6 nitrogen and oxygen atoms in total. The summed E-state index contributed by atoms with van der Waals surface area (Å²) in [5.74, 6) is 1.72. The van der Waals surface area contributed by atoms with E-state index in [0.29, 0.717) is 43.0 Å². The highest BCUT2D eigenvalue weighted by Gasteiger charge is 2.24. The Labute approximate surface area is 171 Å². The van der Waals surface area contributed by atoms with Crippen molar-refractivity contribution in [3.05, 3.63) is 53.6 Å². The average molecular weight is 394 g/mol. The Morgan fingerprint density at radius 3 is 2.97 bits per heavy atom. The van der Waals surface area contributed by atoms with Crippen LogP contribution in [0.2, 0.25) is 0 Å². The van der Waals surface area contributed by atoms with Crippen LogP contribution in [-0.4, -0.2) is 45.4 Å². The van der Waals surface area contributed by atoms with Gasteiger partial charge >= 0.3 is 0 Å². The SMILES string of the molecule is COc1cc(C=CC(=O)NCCN2c3ccccc3CC2C)cc2c1OCCO2. The monoisotopic (exact) mass is 394 g/mol. The first kappa shape index (κ1) is 19.2. The molecule has 0 radical (unpaired) electrons. The van der Waals surface area contributed by atoms with Crippen LogP contribution in [0.4, 0.5) is 5.69 Å². The van der Waals surface area contributed by atoms with Gasteiger partial charge in [0.2, 0.25) is 11.7 Å². The number of nitrogens with zero attached hydrogens (tertiary/aromatic N) is 1. The zero-order chi connectivity index (χ0) is 20.2. The molecule has 6 heteroatoms. The van der Waals surface area contributed by atoms with Crippen molar-refractivity contribution in [2.45, 2.75) is 19.4 Å². The third-order valence-electron chi connectivity index (χ3n) is 5.28. The zero-order valence-electron chi connectivity index (χ0n) is 16.8. The number of hydrogen-bond donors (Lipinski definition) is 1. The Bertz CT molecular complexity index is 908. The summed E-state index contributed by atoms with van der Waals surface area (Å²) in [6.07, 6.45) is 4.34. The van der Waals surface area contributed by atoms with Crippen molar-refractivity contribution in [2.75, 3.05) is 38.3 Å². The predicted octanol–water partition coefficient (Wildman–Crippen LogP) is 3.05. The summed E-state index contributed by atoms with van der Waals surface area (Å²) < 4.78 is 16.6. The number of hydrogen-bond acceptors (Lipinski definition) is 5. The summed E-state index contributed by atoms with van der Waals surface area (Å²) in [6, 6.07) is 12.6. The van der Waals surface area contributed by atoms with E-state index >= 15 is 0 Å². The van der Waals surface area contributed by atoms with Gasteiger partial charge in [0, 0.05) is 30.9 Å². The third kappa shape index (κ3) is 4.16. The summed E-state index contributed by atoms with van der Waals surface area (Å²) in [4.78, 5) is 14.6. The number of carbonyl (C=O) groups excluding carboxylic acids is 1. The maximum Gasteiger partial charge on any atom is 0.244 e. The molecule has 0 fully saturated rings. The molecule has 0 bridgehead atoms. The Kier molecular flexibility index (Phi) is 5.60. The van der Waals surface area contributed by atoms with Gasteiger partial charge in [-0.05, 0) is 48.7 Å². The number of rotatable bonds is 6. The lowest BCUT2D eigenvalue weighted by Crippen LogP contribution is -2.37. The average Bonchev–Trinajstić information content (AvgIpc) is 3.07. The highest BCUT2D eigenvalue weighted by Crippen LogP contribution is 2.40. The molecule has 1 unspecified atom stereocenters. The molecule has 0 saturated carbocycles. The second-order valence-corrected chi connectivity index (χ2v) is 7.25. The molecule has 0 aliphatic carbocycles. The lowest BCUT2D eigenvalue weighted by atomic mass is 10.1. The van der Waals surface area contributed by atoms with Crippen LogP contribution in [0.5, 0.6) is 17.2 Å². The van der Waals surface area contributed by atoms with Crippen LogP contribution in [0, 0.1) is 0 Å². The minimum absolute atomic E-state index is 0.126. The molecular weight excluding hydrogens is 368 g/mol. The fourth-order valence-corrected chi connectivity index (χ4v) is 3.89. The number of amides is 1. The van der Waals surface area contributed by atoms with Gasteiger partial charge in [0.25, 0.3) is 0 Å². The molecule has 2 aliphatic rings. The summed E-state index contributed by atoms with van der Waals surface area (Å²) in [5, 5.41) is 2.97. The number of methoxy groups -OCH3 is 1. The van der Waals surface area contributed by atoms with E-state index in [0.717, 1.165) is 18.5 Å². The number of benzene rings is 2. The van der Waals surface area contributed by atoms with Crippen molar-refractivity contribution in [1.82, 2.24) is 5.32 Å². The molecular formula is C23H26N2O4. The number of ether oxygens (including phenoxy) is 3. The first-order chi connectivity index (χ1) is 14.2. The number of nitrogens with one attached hydrogen (secondary N) is 1. The number of carbonyl (C=O) groups is 1. The molecule has 2 aliphatic heterocycles. The fourth-order valence-electron chi connectivity index (χ4n) is 3.89. The van der Waals surface area contributed by atoms with Gasteiger partial charge < -0.3 is 24.4 Å². The molecule has 1 amide bonds. The van der Waals surface area contributed by atoms with Gasteiger partial charge in [0.1, 0.15) is 13.2 Å². The van der Waals surface area contributed by atoms with Crippen molar-refractivity contribution in [2.24, 2.45) is 0 Å². The van der Waals surface area contributed by atoms with Crippen molar-refractivity contribution in [3.63, 3.8) is 0 Å². The van der Waals surface area contributed by atoms with Gasteiger partial charge in [-0.15, -0.1) is 0 Å². The molecule has 152 valence electrons. The van der Waals surface area contributed by atoms with Crippen molar-refractivity contribution >= 4 is 17.7 Å². The van der Waals surface area contributed by atoms with E-state index in [1.807, 2.05) is 12.1 Å². The summed E-state index contributed by atoms with van der Waals surface area (Å²) >= 11 is 0. The first-order valence-electron chi connectivity index (χ1n) is 9.94. The van der Waals surface area contributed by atoms with Gasteiger partial charge in [-0.1, -0.05) is 18.2 Å². The first-order valence-corrected chi connectivity index (χ1v) is 9.94. The van der Waals surface area contributed by atoms with Crippen molar-refractivity contribution in [3.8, 4) is 17.2 Å².